The third kappa shape index (κ3) is 8.87. The molecule has 2 fully saturated rings. The summed E-state index contributed by atoms with van der Waals surface area (Å²) in [5.41, 5.74) is 3.88. The molecule has 3 N–H and O–H groups in total. The lowest BCUT2D eigenvalue weighted by molar-refractivity contribution is -0.138. The van der Waals surface area contributed by atoms with E-state index in [1.165, 1.54) is 11.9 Å². The first-order valence-corrected chi connectivity index (χ1v) is 20.7. The molecule has 0 saturated carbocycles. The van der Waals surface area contributed by atoms with Gasteiger partial charge < -0.3 is 15.5 Å². The van der Waals surface area contributed by atoms with Gasteiger partial charge in [0.15, 0.2) is 0 Å². The zero-order valence-corrected chi connectivity index (χ0v) is 32.8. The monoisotopic (exact) mass is 822 g/mol. The van der Waals surface area contributed by atoms with Crippen LogP contribution in [-0.2, 0) is 38.9 Å². The van der Waals surface area contributed by atoms with Gasteiger partial charge >= 0.3 is 6.18 Å². The number of anilines is 4. The number of likely N-dealkylation sites (tertiary alicyclic amines) is 1. The number of nitrogens with zero attached hydrogens (tertiary/aromatic N) is 5. The number of imide groups is 1. The van der Waals surface area contributed by atoms with Crippen LogP contribution in [0.4, 0.5) is 36.3 Å². The van der Waals surface area contributed by atoms with Crippen molar-refractivity contribution < 1.29 is 36.0 Å². The van der Waals surface area contributed by atoms with Gasteiger partial charge in [0, 0.05) is 44.0 Å². The summed E-state index contributed by atoms with van der Waals surface area (Å²) in [7, 11) is -2.13. The zero-order valence-electron chi connectivity index (χ0n) is 31.1. The van der Waals surface area contributed by atoms with E-state index >= 15 is 0 Å². The summed E-state index contributed by atoms with van der Waals surface area (Å²) in [6, 6.07) is 19.1. The molecule has 0 bridgehead atoms. The van der Waals surface area contributed by atoms with Crippen LogP contribution in [0.1, 0.15) is 75.2 Å². The number of sulfonamides is 1. The largest absolute Gasteiger partial charge is 0.421 e. The number of benzene rings is 3. The van der Waals surface area contributed by atoms with E-state index in [4.69, 9.17) is 0 Å². The standard InChI is InChI=1S/C39H41F3N8O5S2/c1-48(57(2,54)55)28-5-3-4-23(18-28)20-43-34-31(39(40,41)42)21-44-38(47-34)45-27-9-7-25(8-10-27)26-14-16-49(17-15-26)22-24-6-11-29-30(19-24)36(53)50(37(29)56)32-12-13-33(51)46-35(32)52/h3-11,18-19,21,26,32,37,56H,12-17,20,22H2,1-2H3,(H,46,51,52)(H2,43,44,45,47). The molecule has 1 aromatic heterocycles. The molecule has 0 spiro atoms. The summed E-state index contributed by atoms with van der Waals surface area (Å²) in [6.07, 6.45) is -0.678. The molecule has 0 radical (unpaired) electrons. The lowest BCUT2D eigenvalue weighted by Gasteiger charge is -2.32. The van der Waals surface area contributed by atoms with Crippen molar-refractivity contribution in [2.45, 2.75) is 62.3 Å². The van der Waals surface area contributed by atoms with Gasteiger partial charge in [-0.15, -0.1) is 12.6 Å². The topological polar surface area (TPSA) is 157 Å². The maximum Gasteiger partial charge on any atom is 0.421 e. The summed E-state index contributed by atoms with van der Waals surface area (Å²) < 4.78 is 66.7. The molecule has 57 heavy (non-hydrogen) atoms. The Hall–Kier alpha value is -5.20. The Morgan fingerprint density at radius 1 is 0.982 bits per heavy atom. The van der Waals surface area contributed by atoms with Crippen molar-refractivity contribution in [3.05, 3.63) is 106 Å². The highest BCUT2D eigenvalue weighted by Gasteiger charge is 2.44. The van der Waals surface area contributed by atoms with Gasteiger partial charge in [-0.3, -0.25) is 28.9 Å². The Morgan fingerprint density at radius 3 is 2.40 bits per heavy atom. The molecule has 4 heterocycles. The molecule has 3 aromatic carbocycles. The second kappa shape index (κ2) is 16.0. The van der Waals surface area contributed by atoms with Gasteiger partial charge in [0.2, 0.25) is 27.8 Å². The Kier molecular flexibility index (Phi) is 11.2. The number of fused-ring (bicyclic) bond motifs is 1. The summed E-state index contributed by atoms with van der Waals surface area (Å²) in [5, 5.41) is 7.50. The highest BCUT2D eigenvalue weighted by molar-refractivity contribution is 7.92. The van der Waals surface area contributed by atoms with Crippen molar-refractivity contribution in [2.75, 3.05) is 41.3 Å². The summed E-state index contributed by atoms with van der Waals surface area (Å²) in [6.45, 7) is 2.28. The van der Waals surface area contributed by atoms with Crippen LogP contribution in [0.2, 0.25) is 0 Å². The van der Waals surface area contributed by atoms with Gasteiger partial charge in [-0.2, -0.15) is 18.2 Å². The number of nitrogens with one attached hydrogen (secondary N) is 3. The van der Waals surface area contributed by atoms with Crippen LogP contribution in [0.25, 0.3) is 0 Å². The molecule has 2 unspecified atom stereocenters. The number of rotatable bonds is 11. The van der Waals surface area contributed by atoms with Gasteiger partial charge in [-0.1, -0.05) is 36.4 Å². The molecule has 2 atom stereocenters. The number of hydrogen-bond donors (Lipinski definition) is 4. The predicted octanol–water partition coefficient (Wildman–Crippen LogP) is 5.82. The first kappa shape index (κ1) is 40.0. The van der Waals surface area contributed by atoms with Crippen molar-refractivity contribution in [2.24, 2.45) is 0 Å². The predicted molar refractivity (Wildman–Crippen MR) is 212 cm³/mol. The summed E-state index contributed by atoms with van der Waals surface area (Å²) >= 11 is 4.65. The molecule has 0 aliphatic carbocycles. The number of carbonyl (C=O) groups is 3. The third-order valence-electron chi connectivity index (χ3n) is 10.6. The Morgan fingerprint density at radius 2 is 1.72 bits per heavy atom. The van der Waals surface area contributed by atoms with Gasteiger partial charge in [-0.25, -0.2) is 13.4 Å². The van der Waals surface area contributed by atoms with Crippen molar-refractivity contribution >= 4 is 63.5 Å². The first-order chi connectivity index (χ1) is 27.0. The van der Waals surface area contributed by atoms with Gasteiger partial charge in [0.1, 0.15) is 22.8 Å². The van der Waals surface area contributed by atoms with E-state index in [1.54, 1.807) is 24.3 Å². The van der Waals surface area contributed by atoms with Crippen molar-refractivity contribution in [1.82, 2.24) is 25.1 Å². The zero-order chi connectivity index (χ0) is 40.6. The third-order valence-corrected chi connectivity index (χ3v) is 12.4. The molecular weight excluding hydrogens is 782 g/mol. The number of hydrogen-bond acceptors (Lipinski definition) is 11. The van der Waals surface area contributed by atoms with Crippen molar-refractivity contribution in [3.63, 3.8) is 0 Å². The van der Waals surface area contributed by atoms with Crippen molar-refractivity contribution in [1.29, 1.82) is 0 Å². The lowest BCUT2D eigenvalue weighted by Crippen LogP contribution is -2.53. The van der Waals surface area contributed by atoms with Crippen LogP contribution < -0.4 is 20.3 Å². The number of carbonyl (C=O) groups excluding carboxylic acids is 3. The number of alkyl halides is 3. The van der Waals surface area contributed by atoms with Crippen molar-refractivity contribution in [3.8, 4) is 0 Å². The molecule has 4 aromatic rings. The number of halogens is 3. The highest BCUT2D eigenvalue weighted by atomic mass is 32.2. The van der Waals surface area contributed by atoms with E-state index in [2.05, 4.69) is 43.4 Å². The fourth-order valence-electron chi connectivity index (χ4n) is 7.45. The number of piperidine rings is 2. The summed E-state index contributed by atoms with van der Waals surface area (Å²) in [5.74, 6) is -1.23. The first-order valence-electron chi connectivity index (χ1n) is 18.3. The average molecular weight is 823 g/mol. The van der Waals surface area contributed by atoms with E-state index in [1.807, 2.05) is 42.5 Å². The highest BCUT2D eigenvalue weighted by Crippen LogP contribution is 2.40. The van der Waals surface area contributed by atoms with E-state index in [0.29, 0.717) is 35.0 Å². The summed E-state index contributed by atoms with van der Waals surface area (Å²) in [4.78, 5) is 49.4. The minimum Gasteiger partial charge on any atom is -0.365 e. The lowest BCUT2D eigenvalue weighted by atomic mass is 9.89. The Bertz CT molecular complexity index is 2300. The van der Waals surface area contributed by atoms with Gasteiger partial charge in [0.05, 0.1) is 11.9 Å². The maximum atomic E-state index is 13.9. The van der Waals surface area contributed by atoms with E-state index in [-0.39, 0.29) is 37.1 Å². The van der Waals surface area contributed by atoms with Crippen LogP contribution in [0.3, 0.4) is 0 Å². The number of thiol groups is 1. The minimum absolute atomic E-state index is 0.0288. The Labute approximate surface area is 333 Å². The maximum absolute atomic E-state index is 13.9. The second-order valence-electron chi connectivity index (χ2n) is 14.5. The SMILES string of the molecule is CN(c1cccc(CNc2nc(Nc3ccc(C4CCN(Cc5ccc6c(c5)C(=O)N(C5CCC(=O)NC5=O)C6S)CC4)cc3)ncc2C(F)(F)F)c1)S(C)(=O)=O. The number of aromatic nitrogens is 2. The van der Waals surface area contributed by atoms with Crippen LogP contribution in [0.15, 0.2) is 72.9 Å². The van der Waals surface area contributed by atoms with E-state index < -0.39 is 44.9 Å². The molecule has 3 amide bonds. The second-order valence-corrected chi connectivity index (χ2v) is 17.0. The molecule has 7 rings (SSSR count). The van der Waals surface area contributed by atoms with Gasteiger partial charge in [0.25, 0.3) is 5.91 Å². The fraction of sp³-hybridized carbons (Fsp3) is 0.359. The molecule has 2 saturated heterocycles. The van der Waals surface area contributed by atoms with Gasteiger partial charge in [-0.05, 0) is 90.9 Å². The van der Waals surface area contributed by atoms with E-state index in [9.17, 15) is 36.0 Å². The molecular formula is C39H41F3N8O5S2. The molecule has 3 aliphatic heterocycles. The molecule has 3 aliphatic rings. The molecule has 18 heteroatoms. The molecule has 300 valence electrons. The normalized spacial score (nSPS) is 19.3. The van der Waals surface area contributed by atoms with Crippen LogP contribution in [-0.4, -0.2) is 78.3 Å². The number of amides is 3. The quantitative estimate of drug-likeness (QED) is 0.108. The van der Waals surface area contributed by atoms with Crippen LogP contribution >= 0.6 is 12.6 Å². The fourth-order valence-corrected chi connectivity index (χ4v) is 8.43. The smallest absolute Gasteiger partial charge is 0.365 e. The van der Waals surface area contributed by atoms with Crippen LogP contribution in [0, 0.1) is 0 Å². The van der Waals surface area contributed by atoms with E-state index in [0.717, 1.165) is 59.4 Å². The van der Waals surface area contributed by atoms with Crippen LogP contribution in [0.5, 0.6) is 0 Å². The Balaban J connectivity index is 0.946. The average Bonchev–Trinajstić information content (AvgIpc) is 3.41. The minimum atomic E-state index is -4.71. The molecule has 13 nitrogen and oxygen atoms in total.